The van der Waals surface area contributed by atoms with E-state index in [1.165, 1.54) is 6.42 Å². The van der Waals surface area contributed by atoms with Gasteiger partial charge >= 0.3 is 0 Å². The van der Waals surface area contributed by atoms with Gasteiger partial charge in [-0.1, -0.05) is 31.9 Å². The predicted molar refractivity (Wildman–Crippen MR) is 80.7 cm³/mol. The number of nitrogens with zero attached hydrogens (tertiary/aromatic N) is 1. The molecular formula is C15H24N2O2S. The number of nitrogens with two attached hydrogens (primary N) is 1. The van der Waals surface area contributed by atoms with E-state index in [2.05, 4.69) is 6.92 Å². The minimum Gasteiger partial charge on any atom is -0.326 e. The molecule has 5 heteroatoms. The SMILES string of the molecule is CC1CCCC(N(C)S(=O)(=O)c2ccc(CN)cc2)C1. The van der Waals surface area contributed by atoms with Crippen LogP contribution in [0.2, 0.25) is 0 Å². The Morgan fingerprint density at radius 2 is 1.90 bits per heavy atom. The maximum absolute atomic E-state index is 12.6. The third-order valence-corrected chi connectivity index (χ3v) is 6.18. The molecule has 112 valence electrons. The summed E-state index contributed by atoms with van der Waals surface area (Å²) in [6.07, 6.45) is 4.23. The van der Waals surface area contributed by atoms with E-state index in [1.54, 1.807) is 35.6 Å². The smallest absolute Gasteiger partial charge is 0.243 e. The zero-order valence-corrected chi connectivity index (χ0v) is 13.1. The molecule has 1 aliphatic carbocycles. The minimum absolute atomic E-state index is 0.123. The van der Waals surface area contributed by atoms with Crippen molar-refractivity contribution in [1.29, 1.82) is 0 Å². The number of sulfonamides is 1. The first-order valence-corrected chi connectivity index (χ1v) is 8.66. The van der Waals surface area contributed by atoms with Gasteiger partial charge in [0.25, 0.3) is 0 Å². The van der Waals surface area contributed by atoms with Crippen LogP contribution < -0.4 is 5.73 Å². The highest BCUT2D eigenvalue weighted by atomic mass is 32.2. The molecule has 0 aliphatic heterocycles. The molecule has 2 atom stereocenters. The Labute approximate surface area is 122 Å². The van der Waals surface area contributed by atoms with E-state index in [4.69, 9.17) is 5.73 Å². The van der Waals surface area contributed by atoms with Crippen molar-refractivity contribution in [2.75, 3.05) is 7.05 Å². The predicted octanol–water partition coefficient (Wildman–Crippen LogP) is 2.34. The fourth-order valence-electron chi connectivity index (χ4n) is 2.89. The molecule has 4 nitrogen and oxygen atoms in total. The lowest BCUT2D eigenvalue weighted by molar-refractivity contribution is 0.239. The summed E-state index contributed by atoms with van der Waals surface area (Å²) in [7, 11) is -1.69. The second-order valence-electron chi connectivity index (χ2n) is 5.79. The van der Waals surface area contributed by atoms with Gasteiger partial charge in [0, 0.05) is 19.6 Å². The highest BCUT2D eigenvalue weighted by Gasteiger charge is 2.30. The molecule has 2 N–H and O–H groups in total. The molecule has 1 saturated carbocycles. The van der Waals surface area contributed by atoms with E-state index in [-0.39, 0.29) is 6.04 Å². The zero-order chi connectivity index (χ0) is 14.8. The van der Waals surface area contributed by atoms with Crippen LogP contribution in [-0.2, 0) is 16.6 Å². The van der Waals surface area contributed by atoms with Crippen LogP contribution in [0.1, 0.15) is 38.2 Å². The Balaban J connectivity index is 2.19. The molecule has 0 radical (unpaired) electrons. The van der Waals surface area contributed by atoms with Gasteiger partial charge in [0.1, 0.15) is 0 Å². The minimum atomic E-state index is -3.39. The third kappa shape index (κ3) is 3.22. The monoisotopic (exact) mass is 296 g/mol. The Bertz CT molecular complexity index is 539. The molecule has 0 heterocycles. The molecule has 1 fully saturated rings. The number of benzene rings is 1. The molecule has 0 saturated heterocycles. The first-order chi connectivity index (χ1) is 9.45. The van der Waals surface area contributed by atoms with E-state index < -0.39 is 10.0 Å². The molecule has 0 spiro atoms. The van der Waals surface area contributed by atoms with Crippen molar-refractivity contribution >= 4 is 10.0 Å². The second-order valence-corrected chi connectivity index (χ2v) is 7.79. The van der Waals surface area contributed by atoms with Crippen LogP contribution in [0.25, 0.3) is 0 Å². The summed E-state index contributed by atoms with van der Waals surface area (Å²) in [6, 6.07) is 6.99. The van der Waals surface area contributed by atoms with Crippen molar-refractivity contribution in [3.63, 3.8) is 0 Å². The van der Waals surface area contributed by atoms with Crippen LogP contribution in [0.4, 0.5) is 0 Å². The van der Waals surface area contributed by atoms with Gasteiger partial charge in [0.15, 0.2) is 0 Å². The summed E-state index contributed by atoms with van der Waals surface area (Å²) in [5.74, 6) is 0.603. The summed E-state index contributed by atoms with van der Waals surface area (Å²) in [5, 5.41) is 0. The van der Waals surface area contributed by atoms with Crippen molar-refractivity contribution < 1.29 is 8.42 Å². The standard InChI is InChI=1S/C15H24N2O2S/c1-12-4-3-5-14(10-12)17(2)20(18,19)15-8-6-13(11-16)7-9-15/h6-9,12,14H,3-5,10-11,16H2,1-2H3. The van der Waals surface area contributed by atoms with E-state index in [9.17, 15) is 8.42 Å². The van der Waals surface area contributed by atoms with Crippen LogP contribution in [0.15, 0.2) is 29.2 Å². The molecule has 0 amide bonds. The Kier molecular flexibility index (Phi) is 4.83. The van der Waals surface area contributed by atoms with Crippen LogP contribution in [0.3, 0.4) is 0 Å². The van der Waals surface area contributed by atoms with E-state index >= 15 is 0 Å². The van der Waals surface area contributed by atoms with Crippen molar-refractivity contribution in [2.24, 2.45) is 11.7 Å². The lowest BCUT2D eigenvalue weighted by atomic mass is 9.87. The zero-order valence-electron chi connectivity index (χ0n) is 12.2. The van der Waals surface area contributed by atoms with E-state index in [0.29, 0.717) is 17.4 Å². The Morgan fingerprint density at radius 1 is 1.25 bits per heavy atom. The summed E-state index contributed by atoms with van der Waals surface area (Å²) in [6.45, 7) is 2.62. The van der Waals surface area contributed by atoms with Gasteiger partial charge in [-0.3, -0.25) is 0 Å². The summed E-state index contributed by atoms with van der Waals surface area (Å²) in [4.78, 5) is 0.357. The van der Waals surface area contributed by atoms with Crippen LogP contribution in [0, 0.1) is 5.92 Å². The van der Waals surface area contributed by atoms with Gasteiger partial charge in [0.05, 0.1) is 4.90 Å². The maximum Gasteiger partial charge on any atom is 0.243 e. The van der Waals surface area contributed by atoms with Crippen LogP contribution in [0.5, 0.6) is 0 Å². The van der Waals surface area contributed by atoms with Gasteiger partial charge < -0.3 is 5.73 Å². The van der Waals surface area contributed by atoms with E-state index in [0.717, 1.165) is 24.8 Å². The highest BCUT2D eigenvalue weighted by Crippen LogP contribution is 2.29. The van der Waals surface area contributed by atoms with Crippen molar-refractivity contribution in [2.45, 2.75) is 50.1 Å². The fourth-order valence-corrected chi connectivity index (χ4v) is 4.29. The molecule has 1 aromatic rings. The topological polar surface area (TPSA) is 63.4 Å². The van der Waals surface area contributed by atoms with Gasteiger partial charge in [-0.15, -0.1) is 0 Å². The molecule has 1 aromatic carbocycles. The van der Waals surface area contributed by atoms with Crippen molar-refractivity contribution in [3.05, 3.63) is 29.8 Å². The van der Waals surface area contributed by atoms with Crippen LogP contribution in [-0.4, -0.2) is 25.8 Å². The summed E-state index contributed by atoms with van der Waals surface area (Å²) in [5.41, 5.74) is 6.48. The first-order valence-electron chi connectivity index (χ1n) is 7.22. The molecule has 0 bridgehead atoms. The lowest BCUT2D eigenvalue weighted by Gasteiger charge is -2.33. The van der Waals surface area contributed by atoms with Gasteiger partial charge in [0.2, 0.25) is 10.0 Å². The van der Waals surface area contributed by atoms with Gasteiger partial charge in [-0.25, -0.2) is 8.42 Å². The normalized spacial score (nSPS) is 24.0. The van der Waals surface area contributed by atoms with E-state index in [1.807, 2.05) is 0 Å². The van der Waals surface area contributed by atoms with Gasteiger partial charge in [-0.2, -0.15) is 4.31 Å². The summed E-state index contributed by atoms with van der Waals surface area (Å²) >= 11 is 0. The fraction of sp³-hybridized carbons (Fsp3) is 0.600. The van der Waals surface area contributed by atoms with Gasteiger partial charge in [-0.05, 0) is 36.5 Å². The first kappa shape index (κ1) is 15.5. The van der Waals surface area contributed by atoms with Crippen molar-refractivity contribution in [3.8, 4) is 0 Å². The number of hydrogen-bond acceptors (Lipinski definition) is 3. The molecular weight excluding hydrogens is 272 g/mol. The largest absolute Gasteiger partial charge is 0.326 e. The van der Waals surface area contributed by atoms with Crippen LogP contribution >= 0.6 is 0 Å². The molecule has 20 heavy (non-hydrogen) atoms. The third-order valence-electron chi connectivity index (χ3n) is 4.26. The average Bonchev–Trinajstić information content (AvgIpc) is 2.46. The molecule has 0 aromatic heterocycles. The van der Waals surface area contributed by atoms with Crippen molar-refractivity contribution in [1.82, 2.24) is 4.31 Å². The maximum atomic E-state index is 12.6. The highest BCUT2D eigenvalue weighted by molar-refractivity contribution is 7.89. The summed E-state index contributed by atoms with van der Waals surface area (Å²) < 4.78 is 26.8. The number of hydrogen-bond donors (Lipinski definition) is 1. The quantitative estimate of drug-likeness (QED) is 0.927. The average molecular weight is 296 g/mol. The molecule has 2 unspecified atom stereocenters. The lowest BCUT2D eigenvalue weighted by Crippen LogP contribution is -2.39. The second kappa shape index (κ2) is 6.24. The Hall–Kier alpha value is -0.910. The Morgan fingerprint density at radius 3 is 2.45 bits per heavy atom. The molecule has 2 rings (SSSR count). The molecule has 1 aliphatic rings. The number of rotatable bonds is 4.